The molecule has 0 amide bonds. The van der Waals surface area contributed by atoms with Gasteiger partial charge in [-0.25, -0.2) is 8.78 Å². The van der Waals surface area contributed by atoms with Crippen molar-refractivity contribution in [1.29, 1.82) is 0 Å². The molecule has 1 aromatic carbocycles. The van der Waals surface area contributed by atoms with Crippen molar-refractivity contribution in [1.82, 2.24) is 15.1 Å². The summed E-state index contributed by atoms with van der Waals surface area (Å²) in [5.74, 6) is -1.70. The normalized spacial score (nSPS) is 22.4. The van der Waals surface area contributed by atoms with Gasteiger partial charge in [0.05, 0.1) is 32.0 Å². The van der Waals surface area contributed by atoms with E-state index in [0.717, 1.165) is 17.0 Å². The molecule has 2 N–H and O–H groups in total. The number of benzene rings is 1. The lowest BCUT2D eigenvalue weighted by atomic mass is 10.1. The molecule has 11 heteroatoms. The Morgan fingerprint density at radius 2 is 2.09 bits per heavy atom. The molecule has 1 aromatic heterocycles. The predicted molar refractivity (Wildman–Crippen MR) is 120 cm³/mol. The first-order valence-corrected chi connectivity index (χ1v) is 11.5. The lowest BCUT2D eigenvalue weighted by Crippen LogP contribution is -2.48. The van der Waals surface area contributed by atoms with E-state index in [1.807, 2.05) is 19.2 Å². The summed E-state index contributed by atoms with van der Waals surface area (Å²) in [5.41, 5.74) is 0.175. The second-order valence-electron chi connectivity index (χ2n) is 7.49. The molecule has 0 bridgehead atoms. The van der Waals surface area contributed by atoms with Crippen LogP contribution < -0.4 is 5.32 Å². The molecule has 6 nitrogen and oxygen atoms in total. The minimum absolute atomic E-state index is 0.0612. The summed E-state index contributed by atoms with van der Waals surface area (Å²) >= 11 is 13.0. The number of hydrogen-bond donors (Lipinski definition) is 2. The van der Waals surface area contributed by atoms with Gasteiger partial charge in [-0.15, -0.1) is 0 Å². The maximum Gasteiger partial charge on any atom is 0.145 e. The molecule has 0 radical (unpaired) electrons. The maximum absolute atomic E-state index is 13.8. The number of aromatic nitrogens is 2. The van der Waals surface area contributed by atoms with Crippen molar-refractivity contribution < 1.29 is 23.4 Å². The Labute approximate surface area is 198 Å². The second kappa shape index (κ2) is 10.1. The van der Waals surface area contributed by atoms with Crippen LogP contribution in [0.1, 0.15) is 6.92 Å². The molecular formula is C21H21Cl2F2N3O3S. The quantitative estimate of drug-likeness (QED) is 0.414. The van der Waals surface area contributed by atoms with E-state index in [2.05, 4.69) is 10.4 Å². The first-order chi connectivity index (χ1) is 15.3. The van der Waals surface area contributed by atoms with Gasteiger partial charge in [-0.3, -0.25) is 4.68 Å². The summed E-state index contributed by atoms with van der Waals surface area (Å²) in [7, 11) is 0. The molecule has 4 rings (SSSR count). The van der Waals surface area contributed by atoms with Crippen LogP contribution >= 0.6 is 35.0 Å². The number of hydrogen-bond acceptors (Lipinski definition) is 6. The number of dihydropyridines is 1. The van der Waals surface area contributed by atoms with E-state index in [1.54, 1.807) is 6.20 Å². The highest BCUT2D eigenvalue weighted by molar-refractivity contribution is 8.03. The van der Waals surface area contributed by atoms with Gasteiger partial charge in [-0.05, 0) is 30.7 Å². The molecule has 2 aliphatic rings. The first-order valence-electron chi connectivity index (χ1n) is 9.89. The van der Waals surface area contributed by atoms with E-state index in [-0.39, 0.29) is 18.8 Å². The van der Waals surface area contributed by atoms with Crippen LogP contribution in [-0.2, 0) is 16.0 Å². The van der Waals surface area contributed by atoms with Crippen molar-refractivity contribution in [2.75, 3.05) is 13.2 Å². The largest absolute Gasteiger partial charge is 0.388 e. The molecule has 172 valence electrons. The minimum atomic E-state index is -0.936. The summed E-state index contributed by atoms with van der Waals surface area (Å²) in [4.78, 5) is 0.825. The van der Waals surface area contributed by atoms with Crippen LogP contribution in [0.15, 0.2) is 46.7 Å². The highest BCUT2D eigenvalue weighted by atomic mass is 35.5. The van der Waals surface area contributed by atoms with Crippen LogP contribution in [0.25, 0.3) is 11.1 Å². The molecule has 3 heterocycles. The Balaban J connectivity index is 1.48. The maximum atomic E-state index is 13.8. The Kier molecular flexibility index (Phi) is 7.44. The summed E-state index contributed by atoms with van der Waals surface area (Å²) in [5, 5.41) is 18.3. The van der Waals surface area contributed by atoms with E-state index < -0.39 is 28.2 Å². The number of nitrogens with one attached hydrogen (secondary N) is 1. The standard InChI is InChI=1S/C21H21Cl2F2N3O3S/c1-11-19(10-30-11)31-21(32-15-4-14(22)6-26-7-15)18(29)9-28-8-13(5-27-28)12-2-16(24)20(23)17(25)3-12/h2-5,7-8,11,18-19,21,26,29H,6,9-10H2,1H3/t11?,18-,19?,21?/m0/s1. The van der Waals surface area contributed by atoms with Crippen molar-refractivity contribution >= 4 is 35.0 Å². The van der Waals surface area contributed by atoms with Gasteiger partial charge in [0.2, 0.25) is 0 Å². The van der Waals surface area contributed by atoms with Crippen LogP contribution in [0.4, 0.5) is 8.78 Å². The van der Waals surface area contributed by atoms with Crippen LogP contribution in [0, 0.1) is 11.6 Å². The fourth-order valence-corrected chi connectivity index (χ4v) is 4.64. The number of aliphatic hydroxyl groups excluding tert-OH is 1. The fraction of sp³-hybridized carbons (Fsp3) is 0.381. The number of allylic oxidation sites excluding steroid dienone is 1. The fourth-order valence-electron chi connectivity index (χ4n) is 3.20. The monoisotopic (exact) mass is 503 g/mol. The second-order valence-corrected chi connectivity index (χ2v) is 9.53. The third kappa shape index (κ3) is 5.47. The summed E-state index contributed by atoms with van der Waals surface area (Å²) < 4.78 is 40.6. The number of ether oxygens (including phenoxy) is 2. The van der Waals surface area contributed by atoms with Gasteiger partial charge in [-0.1, -0.05) is 35.0 Å². The Morgan fingerprint density at radius 3 is 2.72 bits per heavy atom. The molecule has 3 unspecified atom stereocenters. The van der Waals surface area contributed by atoms with E-state index in [9.17, 15) is 13.9 Å². The SMILES string of the molecule is CC1OCC1OC(SC1=CNCC(Cl)=C1)[C@@H](O)Cn1cc(-c2cc(F)c(Cl)c(F)c2)cn1. The number of aliphatic hydroxyl groups is 1. The van der Waals surface area contributed by atoms with Gasteiger partial charge in [0.25, 0.3) is 0 Å². The Hall–Kier alpha value is -1.62. The number of rotatable bonds is 8. The molecule has 0 aliphatic carbocycles. The highest BCUT2D eigenvalue weighted by Gasteiger charge is 2.34. The van der Waals surface area contributed by atoms with Gasteiger partial charge in [-0.2, -0.15) is 5.10 Å². The summed E-state index contributed by atoms with van der Waals surface area (Å²) in [6.45, 7) is 3.02. The van der Waals surface area contributed by atoms with Crippen molar-refractivity contribution in [3.8, 4) is 11.1 Å². The zero-order chi connectivity index (χ0) is 22.8. The third-order valence-corrected chi connectivity index (χ3v) is 6.83. The highest BCUT2D eigenvalue weighted by Crippen LogP contribution is 2.33. The molecule has 32 heavy (non-hydrogen) atoms. The molecular weight excluding hydrogens is 483 g/mol. The summed E-state index contributed by atoms with van der Waals surface area (Å²) in [6, 6.07) is 2.28. The molecule has 0 saturated carbocycles. The Bertz CT molecular complexity index is 1030. The van der Waals surface area contributed by atoms with Gasteiger partial charge in [0, 0.05) is 27.9 Å². The molecule has 1 saturated heterocycles. The van der Waals surface area contributed by atoms with Gasteiger partial charge in [0.1, 0.15) is 34.3 Å². The number of thioether (sulfide) groups is 1. The lowest BCUT2D eigenvalue weighted by Gasteiger charge is -2.37. The average molecular weight is 504 g/mol. The molecule has 2 aliphatic heterocycles. The van der Waals surface area contributed by atoms with Gasteiger partial charge in [0.15, 0.2) is 0 Å². The zero-order valence-corrected chi connectivity index (χ0v) is 19.3. The number of nitrogens with zero attached hydrogens (tertiary/aromatic N) is 2. The molecule has 0 spiro atoms. The average Bonchev–Trinajstić information content (AvgIpc) is 3.21. The lowest BCUT2D eigenvalue weighted by molar-refractivity contribution is -0.196. The van der Waals surface area contributed by atoms with Crippen molar-refractivity contribution in [2.24, 2.45) is 0 Å². The smallest absolute Gasteiger partial charge is 0.145 e. The van der Waals surface area contributed by atoms with Crippen LogP contribution in [0.5, 0.6) is 0 Å². The van der Waals surface area contributed by atoms with Crippen molar-refractivity contribution in [2.45, 2.75) is 37.2 Å². The summed E-state index contributed by atoms with van der Waals surface area (Å²) in [6.07, 6.45) is 5.57. The zero-order valence-electron chi connectivity index (χ0n) is 17.0. The van der Waals surface area contributed by atoms with Gasteiger partial charge >= 0.3 is 0 Å². The van der Waals surface area contributed by atoms with Crippen LogP contribution in [0.2, 0.25) is 5.02 Å². The van der Waals surface area contributed by atoms with Crippen molar-refractivity contribution in [3.63, 3.8) is 0 Å². The third-order valence-electron chi connectivity index (χ3n) is 5.06. The predicted octanol–water partition coefficient (Wildman–Crippen LogP) is 4.27. The molecule has 4 atom stereocenters. The Morgan fingerprint density at radius 1 is 1.34 bits per heavy atom. The number of halogens is 4. The molecule has 2 aromatic rings. The minimum Gasteiger partial charge on any atom is -0.388 e. The molecule has 1 fully saturated rings. The first kappa shape index (κ1) is 23.5. The van der Waals surface area contributed by atoms with Crippen LogP contribution in [0.3, 0.4) is 0 Å². The van der Waals surface area contributed by atoms with Crippen LogP contribution in [-0.4, -0.2) is 51.8 Å². The van der Waals surface area contributed by atoms with Crippen molar-refractivity contribution in [3.05, 3.63) is 63.4 Å². The van der Waals surface area contributed by atoms with E-state index in [0.29, 0.717) is 29.3 Å². The van der Waals surface area contributed by atoms with Gasteiger partial charge < -0.3 is 19.9 Å². The topological polar surface area (TPSA) is 68.5 Å². The van der Waals surface area contributed by atoms with E-state index >= 15 is 0 Å². The van der Waals surface area contributed by atoms with E-state index in [4.69, 9.17) is 32.7 Å². The van der Waals surface area contributed by atoms with E-state index in [1.165, 1.54) is 22.6 Å².